The Morgan fingerprint density at radius 3 is 2.41 bits per heavy atom. The Balaban J connectivity index is 1.43. The van der Waals surface area contributed by atoms with Crippen molar-refractivity contribution >= 4 is 35.0 Å². The fraction of sp³-hybridized carbons (Fsp3) is 0.148. The lowest BCUT2D eigenvalue weighted by atomic mass is 10.1. The molecule has 0 aromatic heterocycles. The Hall–Kier alpha value is -4.31. The number of imide groups is 1. The molecule has 0 bridgehead atoms. The van der Waals surface area contributed by atoms with Gasteiger partial charge in [0.2, 0.25) is 0 Å². The minimum Gasteiger partial charge on any atom is -0.493 e. The highest BCUT2D eigenvalue weighted by molar-refractivity contribution is 8.18. The summed E-state index contributed by atoms with van der Waals surface area (Å²) in [6.45, 7) is 0.170. The molecule has 10 heteroatoms. The summed E-state index contributed by atoms with van der Waals surface area (Å²) in [6.07, 6.45) is 1.55. The van der Waals surface area contributed by atoms with E-state index >= 15 is 0 Å². The van der Waals surface area contributed by atoms with E-state index in [2.05, 4.69) is 0 Å². The second kappa shape index (κ2) is 11.6. The van der Waals surface area contributed by atoms with Crippen LogP contribution < -0.4 is 18.9 Å². The number of thioether (sulfide) groups is 1. The van der Waals surface area contributed by atoms with E-state index in [0.29, 0.717) is 17.1 Å². The molecule has 1 fully saturated rings. The molecule has 0 saturated carbocycles. The van der Waals surface area contributed by atoms with Crippen molar-refractivity contribution in [3.63, 3.8) is 0 Å². The molecule has 8 nitrogen and oxygen atoms in total. The predicted molar refractivity (Wildman–Crippen MR) is 136 cm³/mol. The van der Waals surface area contributed by atoms with E-state index in [4.69, 9.17) is 18.9 Å². The Labute approximate surface area is 216 Å². The molecule has 0 atom stereocenters. The maximum absolute atomic E-state index is 13.4. The lowest BCUT2D eigenvalue weighted by Gasteiger charge is -2.14. The largest absolute Gasteiger partial charge is 0.493 e. The Bertz CT molecular complexity index is 1370. The molecular formula is C27H22FNO7S. The van der Waals surface area contributed by atoms with Crippen molar-refractivity contribution < 1.29 is 37.7 Å². The molecule has 0 unspecified atom stereocenters. The molecular weight excluding hydrogens is 501 g/mol. The molecule has 2 amide bonds. The van der Waals surface area contributed by atoms with Crippen molar-refractivity contribution in [1.82, 2.24) is 4.90 Å². The number of para-hydroxylation sites is 2. The number of benzene rings is 3. The zero-order chi connectivity index (χ0) is 26.4. The number of carbonyl (C=O) groups excluding carboxylic acids is 3. The molecule has 0 radical (unpaired) electrons. The number of methoxy groups -OCH3 is 2. The molecule has 1 saturated heterocycles. The third-order valence-corrected chi connectivity index (χ3v) is 6.17. The van der Waals surface area contributed by atoms with Crippen LogP contribution in [0.4, 0.5) is 9.18 Å². The Morgan fingerprint density at radius 1 is 0.919 bits per heavy atom. The predicted octanol–water partition coefficient (Wildman–Crippen LogP) is 5.18. The van der Waals surface area contributed by atoms with Crippen molar-refractivity contribution in [1.29, 1.82) is 0 Å². The highest BCUT2D eigenvalue weighted by Gasteiger charge is 2.35. The van der Waals surface area contributed by atoms with Crippen LogP contribution in [0.1, 0.15) is 15.9 Å². The minimum absolute atomic E-state index is 0.0505. The van der Waals surface area contributed by atoms with E-state index in [1.807, 2.05) is 6.07 Å². The van der Waals surface area contributed by atoms with Crippen LogP contribution in [0.15, 0.2) is 71.6 Å². The first-order valence-electron chi connectivity index (χ1n) is 11.1. The van der Waals surface area contributed by atoms with Crippen LogP contribution in [0.25, 0.3) is 6.08 Å². The number of carbonyl (C=O) groups is 3. The van der Waals surface area contributed by atoms with Crippen molar-refractivity contribution in [3.05, 3.63) is 88.6 Å². The van der Waals surface area contributed by atoms with Crippen LogP contribution in [0.3, 0.4) is 0 Å². The summed E-state index contributed by atoms with van der Waals surface area (Å²) < 4.78 is 35.0. The standard InChI is InChI=1S/C27H22FNO7S/c1-33-20-8-3-4-9-21(20)35-13-12-29-25(30)24(37-27(29)32)15-17-10-11-22(23(14-17)34-2)36-26(31)18-6-5-7-19(28)16-18/h3-11,14-16H,12-13H2,1-2H3/b24-15-. The SMILES string of the molecule is COc1ccccc1OCCN1C(=O)S/C(=C\c2ccc(OC(=O)c3cccc(F)c3)c(OC)c2)C1=O. The van der Waals surface area contributed by atoms with Gasteiger partial charge >= 0.3 is 5.97 Å². The average molecular weight is 524 g/mol. The topological polar surface area (TPSA) is 91.4 Å². The highest BCUT2D eigenvalue weighted by atomic mass is 32.2. The zero-order valence-electron chi connectivity index (χ0n) is 19.9. The molecule has 4 rings (SSSR count). The van der Waals surface area contributed by atoms with Gasteiger partial charge in [-0.1, -0.05) is 24.3 Å². The van der Waals surface area contributed by atoms with Gasteiger partial charge in [-0.25, -0.2) is 9.18 Å². The summed E-state index contributed by atoms with van der Waals surface area (Å²) in [7, 11) is 2.92. The lowest BCUT2D eigenvalue weighted by Crippen LogP contribution is -2.32. The maximum atomic E-state index is 13.4. The summed E-state index contributed by atoms with van der Waals surface area (Å²) >= 11 is 0.814. The van der Waals surface area contributed by atoms with Gasteiger partial charge in [-0.15, -0.1) is 0 Å². The van der Waals surface area contributed by atoms with Gasteiger partial charge in [-0.2, -0.15) is 0 Å². The van der Waals surface area contributed by atoms with E-state index in [1.165, 1.54) is 38.5 Å². The third-order valence-electron chi connectivity index (χ3n) is 5.26. The van der Waals surface area contributed by atoms with Crippen molar-refractivity contribution in [3.8, 4) is 23.0 Å². The maximum Gasteiger partial charge on any atom is 0.343 e. The number of halogens is 1. The Morgan fingerprint density at radius 2 is 1.68 bits per heavy atom. The van der Waals surface area contributed by atoms with Crippen LogP contribution in [-0.2, 0) is 4.79 Å². The minimum atomic E-state index is -0.748. The number of ether oxygens (including phenoxy) is 4. The highest BCUT2D eigenvalue weighted by Crippen LogP contribution is 2.35. The van der Waals surface area contributed by atoms with E-state index in [9.17, 15) is 18.8 Å². The van der Waals surface area contributed by atoms with Crippen molar-refractivity contribution in [2.45, 2.75) is 0 Å². The number of hydrogen-bond donors (Lipinski definition) is 0. The average Bonchev–Trinajstić information content (AvgIpc) is 3.17. The van der Waals surface area contributed by atoms with Gasteiger partial charge in [0.15, 0.2) is 23.0 Å². The molecule has 1 aliphatic heterocycles. The zero-order valence-corrected chi connectivity index (χ0v) is 20.8. The van der Waals surface area contributed by atoms with Gasteiger partial charge in [0, 0.05) is 0 Å². The van der Waals surface area contributed by atoms with Gasteiger partial charge in [-0.05, 0) is 65.9 Å². The first kappa shape index (κ1) is 25.8. The number of amides is 2. The number of hydrogen-bond acceptors (Lipinski definition) is 8. The van der Waals surface area contributed by atoms with Gasteiger partial charge in [-0.3, -0.25) is 14.5 Å². The second-order valence-corrected chi connectivity index (χ2v) is 8.64. The molecule has 3 aromatic carbocycles. The molecule has 190 valence electrons. The van der Waals surface area contributed by atoms with E-state index < -0.39 is 22.9 Å². The van der Waals surface area contributed by atoms with Crippen molar-refractivity contribution in [2.24, 2.45) is 0 Å². The molecule has 0 spiro atoms. The van der Waals surface area contributed by atoms with Crippen LogP contribution in [0.2, 0.25) is 0 Å². The summed E-state index contributed by atoms with van der Waals surface area (Å²) in [5.74, 6) is -0.343. The van der Waals surface area contributed by atoms with Gasteiger partial charge in [0.1, 0.15) is 12.4 Å². The summed E-state index contributed by atoms with van der Waals surface area (Å²) in [4.78, 5) is 39.0. The van der Waals surface area contributed by atoms with E-state index in [1.54, 1.807) is 36.4 Å². The molecule has 1 heterocycles. The molecule has 3 aromatic rings. The van der Waals surface area contributed by atoms with Crippen LogP contribution in [-0.4, -0.2) is 49.4 Å². The quantitative estimate of drug-likeness (QED) is 0.215. The smallest absolute Gasteiger partial charge is 0.343 e. The van der Waals surface area contributed by atoms with Gasteiger partial charge in [0.25, 0.3) is 11.1 Å². The van der Waals surface area contributed by atoms with E-state index in [0.717, 1.165) is 22.7 Å². The Kier molecular flexibility index (Phi) is 8.09. The van der Waals surface area contributed by atoms with Crippen LogP contribution in [0, 0.1) is 5.82 Å². The van der Waals surface area contributed by atoms with Crippen LogP contribution >= 0.6 is 11.8 Å². The summed E-state index contributed by atoms with van der Waals surface area (Å²) in [6, 6.07) is 16.9. The molecule has 37 heavy (non-hydrogen) atoms. The molecule has 0 N–H and O–H groups in total. The fourth-order valence-corrected chi connectivity index (χ4v) is 4.33. The lowest BCUT2D eigenvalue weighted by molar-refractivity contribution is -0.123. The summed E-state index contributed by atoms with van der Waals surface area (Å²) in [5, 5.41) is -0.410. The second-order valence-electron chi connectivity index (χ2n) is 7.64. The number of nitrogens with zero attached hydrogens (tertiary/aromatic N) is 1. The summed E-state index contributed by atoms with van der Waals surface area (Å²) in [5.41, 5.74) is 0.604. The monoisotopic (exact) mass is 523 g/mol. The first-order chi connectivity index (χ1) is 17.9. The van der Waals surface area contributed by atoms with Crippen molar-refractivity contribution in [2.75, 3.05) is 27.4 Å². The fourth-order valence-electron chi connectivity index (χ4n) is 3.46. The van der Waals surface area contributed by atoms with Crippen LogP contribution in [0.5, 0.6) is 23.0 Å². The molecule has 1 aliphatic rings. The number of esters is 1. The van der Waals surface area contributed by atoms with Gasteiger partial charge < -0.3 is 18.9 Å². The first-order valence-corrected chi connectivity index (χ1v) is 11.9. The normalized spacial score (nSPS) is 14.1. The van der Waals surface area contributed by atoms with E-state index in [-0.39, 0.29) is 35.1 Å². The third kappa shape index (κ3) is 6.10. The molecule has 0 aliphatic carbocycles. The number of rotatable bonds is 9. The van der Waals surface area contributed by atoms with Gasteiger partial charge in [0.05, 0.1) is 31.2 Å².